The number of thiazole rings is 1. The molecule has 0 bridgehead atoms. The molecule has 4 nitrogen and oxygen atoms in total. The van der Waals surface area contributed by atoms with E-state index in [4.69, 9.17) is 0 Å². The van der Waals surface area contributed by atoms with Crippen LogP contribution in [0.2, 0.25) is 0 Å². The van der Waals surface area contributed by atoms with Gasteiger partial charge in [0.1, 0.15) is 5.01 Å². The van der Waals surface area contributed by atoms with E-state index in [9.17, 15) is 9.18 Å². The van der Waals surface area contributed by atoms with E-state index in [2.05, 4.69) is 9.97 Å². The number of carbonyl (C=O) groups is 1. The highest BCUT2D eigenvalue weighted by Crippen LogP contribution is 2.22. The Bertz CT molecular complexity index is 769. The third-order valence-corrected chi connectivity index (χ3v) is 4.05. The van der Waals surface area contributed by atoms with Crippen molar-refractivity contribution in [3.63, 3.8) is 0 Å². The van der Waals surface area contributed by atoms with Crippen LogP contribution < -0.4 is 0 Å². The Morgan fingerprint density at radius 1 is 1.33 bits per heavy atom. The molecule has 0 N–H and O–H groups in total. The SMILES string of the molecule is CN(Cc1nc2ccccc2s1)C(=O)c1ccnc(F)c1. The molecule has 3 rings (SSSR count). The highest BCUT2D eigenvalue weighted by molar-refractivity contribution is 7.18. The number of hydrogen-bond acceptors (Lipinski definition) is 4. The minimum absolute atomic E-state index is 0.254. The Kier molecular flexibility index (Phi) is 3.62. The van der Waals surface area contributed by atoms with Gasteiger partial charge in [0.2, 0.25) is 5.95 Å². The summed E-state index contributed by atoms with van der Waals surface area (Å²) in [6.07, 6.45) is 1.29. The number of pyridine rings is 1. The highest BCUT2D eigenvalue weighted by atomic mass is 32.1. The van der Waals surface area contributed by atoms with E-state index in [-0.39, 0.29) is 11.5 Å². The van der Waals surface area contributed by atoms with Crippen molar-refractivity contribution in [2.75, 3.05) is 7.05 Å². The predicted molar refractivity (Wildman–Crippen MR) is 79.6 cm³/mol. The molecule has 0 fully saturated rings. The van der Waals surface area contributed by atoms with Crippen molar-refractivity contribution in [1.82, 2.24) is 14.9 Å². The van der Waals surface area contributed by atoms with Gasteiger partial charge in [0.25, 0.3) is 5.91 Å². The lowest BCUT2D eigenvalue weighted by Gasteiger charge is -2.15. The molecule has 6 heteroatoms. The normalized spacial score (nSPS) is 10.8. The van der Waals surface area contributed by atoms with Gasteiger partial charge in [0, 0.05) is 24.9 Å². The molecule has 0 aliphatic rings. The summed E-state index contributed by atoms with van der Waals surface area (Å²) in [6.45, 7) is 0.391. The third-order valence-electron chi connectivity index (χ3n) is 3.03. The van der Waals surface area contributed by atoms with Gasteiger partial charge in [0.05, 0.1) is 16.8 Å². The number of benzene rings is 1. The molecule has 2 heterocycles. The van der Waals surface area contributed by atoms with Gasteiger partial charge < -0.3 is 4.90 Å². The lowest BCUT2D eigenvalue weighted by atomic mass is 10.2. The fourth-order valence-corrected chi connectivity index (χ4v) is 3.04. The minimum atomic E-state index is -0.658. The van der Waals surface area contributed by atoms with Crippen LogP contribution in [0, 0.1) is 5.95 Å². The first-order valence-electron chi connectivity index (χ1n) is 6.35. The summed E-state index contributed by atoms with van der Waals surface area (Å²) in [4.78, 5) is 21.7. The van der Waals surface area contributed by atoms with E-state index in [0.29, 0.717) is 6.54 Å². The molecule has 21 heavy (non-hydrogen) atoms. The molecule has 0 atom stereocenters. The largest absolute Gasteiger partial charge is 0.335 e. The van der Waals surface area contributed by atoms with Crippen molar-refractivity contribution >= 4 is 27.5 Å². The first-order chi connectivity index (χ1) is 10.1. The molecular formula is C15H12FN3OS. The second-order valence-corrected chi connectivity index (χ2v) is 5.72. The predicted octanol–water partition coefficient (Wildman–Crippen LogP) is 3.10. The summed E-state index contributed by atoms with van der Waals surface area (Å²) in [7, 11) is 1.67. The lowest BCUT2D eigenvalue weighted by molar-refractivity contribution is 0.0784. The van der Waals surface area contributed by atoms with Crippen LogP contribution in [0.4, 0.5) is 4.39 Å². The van der Waals surface area contributed by atoms with Crippen molar-refractivity contribution in [2.24, 2.45) is 0 Å². The van der Waals surface area contributed by atoms with Gasteiger partial charge >= 0.3 is 0 Å². The molecular weight excluding hydrogens is 289 g/mol. The molecule has 0 radical (unpaired) electrons. The number of rotatable bonds is 3. The van der Waals surface area contributed by atoms with E-state index in [0.717, 1.165) is 21.3 Å². The highest BCUT2D eigenvalue weighted by Gasteiger charge is 2.14. The molecule has 1 aromatic carbocycles. The second kappa shape index (κ2) is 5.57. The van der Waals surface area contributed by atoms with Gasteiger partial charge in [-0.05, 0) is 18.2 Å². The zero-order valence-electron chi connectivity index (χ0n) is 11.3. The number of fused-ring (bicyclic) bond motifs is 1. The van der Waals surface area contributed by atoms with Crippen LogP contribution in [0.3, 0.4) is 0 Å². The summed E-state index contributed by atoms with van der Waals surface area (Å²) in [6, 6.07) is 10.5. The molecule has 0 spiro atoms. The fraction of sp³-hybridized carbons (Fsp3) is 0.133. The van der Waals surface area contributed by atoms with Crippen LogP contribution >= 0.6 is 11.3 Å². The number of halogens is 1. The zero-order valence-corrected chi connectivity index (χ0v) is 12.1. The third kappa shape index (κ3) is 2.90. The summed E-state index contributed by atoms with van der Waals surface area (Å²) in [5, 5.41) is 0.849. The molecule has 0 saturated heterocycles. The van der Waals surface area contributed by atoms with Gasteiger partial charge in [-0.1, -0.05) is 12.1 Å². The van der Waals surface area contributed by atoms with Crippen LogP contribution in [0.15, 0.2) is 42.6 Å². The Labute approximate surface area is 124 Å². The zero-order chi connectivity index (χ0) is 14.8. The number of aromatic nitrogens is 2. The maximum absolute atomic E-state index is 13.1. The van der Waals surface area contributed by atoms with E-state index in [1.165, 1.54) is 17.2 Å². The van der Waals surface area contributed by atoms with Crippen molar-refractivity contribution in [1.29, 1.82) is 0 Å². The first kappa shape index (κ1) is 13.6. The fourth-order valence-electron chi connectivity index (χ4n) is 2.02. The summed E-state index contributed by atoms with van der Waals surface area (Å²) >= 11 is 1.55. The molecule has 106 valence electrons. The summed E-state index contributed by atoms with van der Waals surface area (Å²) in [5.41, 5.74) is 1.21. The van der Waals surface area contributed by atoms with Gasteiger partial charge in [-0.3, -0.25) is 4.79 Å². The second-order valence-electron chi connectivity index (χ2n) is 4.60. The number of nitrogens with zero attached hydrogens (tertiary/aromatic N) is 3. The summed E-state index contributed by atoms with van der Waals surface area (Å²) in [5.74, 6) is -0.912. The summed E-state index contributed by atoms with van der Waals surface area (Å²) < 4.78 is 14.2. The van der Waals surface area contributed by atoms with Gasteiger partial charge in [-0.2, -0.15) is 4.39 Å². The Morgan fingerprint density at radius 2 is 2.14 bits per heavy atom. The first-order valence-corrected chi connectivity index (χ1v) is 7.16. The van der Waals surface area contributed by atoms with Gasteiger partial charge in [-0.25, -0.2) is 9.97 Å². The van der Waals surface area contributed by atoms with Crippen molar-refractivity contribution in [3.05, 3.63) is 59.1 Å². The molecule has 0 saturated carbocycles. The van der Waals surface area contributed by atoms with Crippen LogP contribution in [0.25, 0.3) is 10.2 Å². The number of amides is 1. The monoisotopic (exact) mass is 301 g/mol. The Hall–Kier alpha value is -2.34. The number of para-hydroxylation sites is 1. The average molecular weight is 301 g/mol. The van der Waals surface area contributed by atoms with E-state index >= 15 is 0 Å². The molecule has 1 amide bonds. The lowest BCUT2D eigenvalue weighted by Crippen LogP contribution is -2.26. The van der Waals surface area contributed by atoms with Gasteiger partial charge in [0.15, 0.2) is 0 Å². The molecule has 2 aromatic heterocycles. The van der Waals surface area contributed by atoms with E-state index in [1.54, 1.807) is 18.4 Å². The molecule has 0 aliphatic heterocycles. The minimum Gasteiger partial charge on any atom is -0.335 e. The van der Waals surface area contributed by atoms with Crippen molar-refractivity contribution < 1.29 is 9.18 Å². The van der Waals surface area contributed by atoms with Crippen LogP contribution in [0.5, 0.6) is 0 Å². The topological polar surface area (TPSA) is 46.1 Å². The van der Waals surface area contributed by atoms with E-state index in [1.807, 2.05) is 24.3 Å². The van der Waals surface area contributed by atoms with Crippen LogP contribution in [-0.4, -0.2) is 27.8 Å². The average Bonchev–Trinajstić information content (AvgIpc) is 2.88. The Balaban J connectivity index is 1.79. The maximum Gasteiger partial charge on any atom is 0.254 e. The van der Waals surface area contributed by atoms with Crippen LogP contribution in [-0.2, 0) is 6.54 Å². The van der Waals surface area contributed by atoms with Crippen molar-refractivity contribution in [2.45, 2.75) is 6.54 Å². The number of carbonyl (C=O) groups excluding carboxylic acids is 1. The molecule has 0 unspecified atom stereocenters. The smallest absolute Gasteiger partial charge is 0.254 e. The standard InChI is InChI=1S/C15H12FN3OS/c1-19(15(20)10-6-7-17-13(16)8-10)9-14-18-11-4-2-3-5-12(11)21-14/h2-8H,9H2,1H3. The van der Waals surface area contributed by atoms with Gasteiger partial charge in [-0.15, -0.1) is 11.3 Å². The Morgan fingerprint density at radius 3 is 2.90 bits per heavy atom. The maximum atomic E-state index is 13.1. The quantitative estimate of drug-likeness (QED) is 0.698. The number of hydrogen-bond donors (Lipinski definition) is 0. The molecule has 0 aliphatic carbocycles. The molecule has 3 aromatic rings. The van der Waals surface area contributed by atoms with Crippen LogP contribution in [0.1, 0.15) is 15.4 Å². The van der Waals surface area contributed by atoms with Crippen molar-refractivity contribution in [3.8, 4) is 0 Å². The van der Waals surface area contributed by atoms with E-state index < -0.39 is 5.95 Å².